The van der Waals surface area contributed by atoms with Gasteiger partial charge in [0.2, 0.25) is 0 Å². The lowest BCUT2D eigenvalue weighted by Crippen LogP contribution is -2.17. The Morgan fingerprint density at radius 3 is 2.71 bits per heavy atom. The molecular weight excluding hydrogens is 322 g/mol. The quantitative estimate of drug-likeness (QED) is 0.572. The minimum absolute atomic E-state index is 0.0886. The number of aryl methyl sites for hydroxylation is 1. The van der Waals surface area contributed by atoms with Gasteiger partial charge in [-0.1, -0.05) is 17.7 Å². The zero-order chi connectivity index (χ0) is 16.7. The van der Waals surface area contributed by atoms with E-state index in [1.807, 2.05) is 44.2 Å². The van der Waals surface area contributed by atoms with Crippen LogP contribution in [-0.2, 0) is 0 Å². The van der Waals surface area contributed by atoms with E-state index in [0.717, 1.165) is 21.5 Å². The van der Waals surface area contributed by atoms with Gasteiger partial charge in [0, 0.05) is 6.20 Å². The number of rotatable bonds is 3. The Hall–Kier alpha value is -2.73. The molecule has 4 rings (SSSR count). The third-order valence-corrected chi connectivity index (χ3v) is 4.93. The van der Waals surface area contributed by atoms with Crippen molar-refractivity contribution in [3.8, 4) is 11.4 Å². The molecule has 0 saturated heterocycles. The van der Waals surface area contributed by atoms with Crippen molar-refractivity contribution in [3.05, 3.63) is 58.8 Å². The van der Waals surface area contributed by atoms with Gasteiger partial charge in [-0.15, -0.1) is 11.3 Å². The molecule has 4 aromatic rings. The van der Waals surface area contributed by atoms with Gasteiger partial charge in [-0.3, -0.25) is 9.36 Å². The highest BCUT2D eigenvalue weighted by molar-refractivity contribution is 7.25. The smallest absolute Gasteiger partial charge is 0.275 e. The van der Waals surface area contributed by atoms with Gasteiger partial charge in [0.15, 0.2) is 0 Å². The minimum atomic E-state index is -0.0886. The van der Waals surface area contributed by atoms with Crippen LogP contribution in [-0.4, -0.2) is 21.1 Å². The number of pyridine rings is 1. The molecule has 0 aliphatic carbocycles. The zero-order valence-corrected chi connectivity index (χ0v) is 14.1. The summed E-state index contributed by atoms with van der Waals surface area (Å²) >= 11 is 1.35. The van der Waals surface area contributed by atoms with Gasteiger partial charge >= 0.3 is 0 Å². The molecule has 3 aromatic heterocycles. The maximum absolute atomic E-state index is 12.9. The van der Waals surface area contributed by atoms with Crippen LogP contribution in [0.5, 0.6) is 5.75 Å². The Balaban J connectivity index is 2.00. The molecule has 0 radical (unpaired) electrons. The van der Waals surface area contributed by atoms with E-state index in [-0.39, 0.29) is 5.56 Å². The van der Waals surface area contributed by atoms with Crippen molar-refractivity contribution in [1.82, 2.24) is 14.5 Å². The van der Waals surface area contributed by atoms with Crippen LogP contribution in [0.1, 0.15) is 12.5 Å². The van der Waals surface area contributed by atoms with Gasteiger partial charge < -0.3 is 4.74 Å². The first kappa shape index (κ1) is 14.8. The first-order valence-electron chi connectivity index (χ1n) is 7.67. The summed E-state index contributed by atoms with van der Waals surface area (Å²) in [5.41, 5.74) is 2.51. The maximum Gasteiger partial charge on any atom is 0.275 e. The van der Waals surface area contributed by atoms with Crippen molar-refractivity contribution in [2.75, 3.05) is 6.61 Å². The van der Waals surface area contributed by atoms with E-state index in [1.165, 1.54) is 11.3 Å². The van der Waals surface area contributed by atoms with Crippen LogP contribution in [0.2, 0.25) is 0 Å². The largest absolute Gasteiger partial charge is 0.493 e. The molecule has 0 unspecified atom stereocenters. The fourth-order valence-corrected chi connectivity index (χ4v) is 3.73. The summed E-state index contributed by atoms with van der Waals surface area (Å²) in [6.07, 6.45) is 3.27. The van der Waals surface area contributed by atoms with Crippen molar-refractivity contribution >= 4 is 31.8 Å². The Labute approximate surface area is 142 Å². The van der Waals surface area contributed by atoms with Gasteiger partial charge in [0.1, 0.15) is 27.1 Å². The average Bonchev–Trinajstić information content (AvgIpc) is 2.97. The van der Waals surface area contributed by atoms with E-state index in [9.17, 15) is 4.79 Å². The summed E-state index contributed by atoms with van der Waals surface area (Å²) in [4.78, 5) is 22.6. The van der Waals surface area contributed by atoms with Crippen molar-refractivity contribution in [3.63, 3.8) is 0 Å². The van der Waals surface area contributed by atoms with Crippen LogP contribution in [0, 0.1) is 6.92 Å². The highest BCUT2D eigenvalue weighted by atomic mass is 32.1. The summed E-state index contributed by atoms with van der Waals surface area (Å²) in [6, 6.07) is 9.60. The SMILES string of the molecule is CCOc1ccnc2sc3c(=O)n(-c4ccc(C)cc4)cnc3c12. The van der Waals surface area contributed by atoms with Gasteiger partial charge in [-0.2, -0.15) is 0 Å². The first-order valence-corrected chi connectivity index (χ1v) is 8.49. The molecule has 1 aromatic carbocycles. The van der Waals surface area contributed by atoms with Crippen LogP contribution in [0.3, 0.4) is 0 Å². The topological polar surface area (TPSA) is 57.0 Å². The van der Waals surface area contributed by atoms with Crippen LogP contribution in [0.25, 0.3) is 26.1 Å². The molecule has 3 heterocycles. The number of fused-ring (bicyclic) bond motifs is 3. The molecule has 24 heavy (non-hydrogen) atoms. The van der Waals surface area contributed by atoms with E-state index >= 15 is 0 Å². The molecule has 5 nitrogen and oxygen atoms in total. The zero-order valence-electron chi connectivity index (χ0n) is 13.3. The van der Waals surface area contributed by atoms with E-state index < -0.39 is 0 Å². The highest BCUT2D eigenvalue weighted by Crippen LogP contribution is 2.35. The molecular formula is C18H15N3O2S. The number of hydrogen-bond acceptors (Lipinski definition) is 5. The van der Waals surface area contributed by atoms with Gasteiger partial charge in [0.05, 0.1) is 17.7 Å². The maximum atomic E-state index is 12.9. The summed E-state index contributed by atoms with van der Waals surface area (Å²) < 4.78 is 7.83. The Morgan fingerprint density at radius 2 is 1.96 bits per heavy atom. The second-order valence-corrected chi connectivity index (χ2v) is 6.46. The lowest BCUT2D eigenvalue weighted by Gasteiger charge is -2.06. The molecule has 0 amide bonds. The second kappa shape index (κ2) is 5.72. The van der Waals surface area contributed by atoms with Gasteiger partial charge in [-0.25, -0.2) is 9.97 Å². The number of ether oxygens (including phenoxy) is 1. The molecule has 0 bridgehead atoms. The molecule has 0 aliphatic rings. The molecule has 0 aliphatic heterocycles. The molecule has 0 spiro atoms. The van der Waals surface area contributed by atoms with E-state index in [1.54, 1.807) is 17.1 Å². The monoisotopic (exact) mass is 337 g/mol. The van der Waals surface area contributed by atoms with E-state index in [4.69, 9.17) is 4.74 Å². The first-order chi connectivity index (χ1) is 11.7. The molecule has 6 heteroatoms. The number of thiophene rings is 1. The predicted molar refractivity (Wildman–Crippen MR) is 96.4 cm³/mol. The molecule has 0 fully saturated rings. The van der Waals surface area contributed by atoms with E-state index in [2.05, 4.69) is 9.97 Å². The lowest BCUT2D eigenvalue weighted by molar-refractivity contribution is 0.344. The third kappa shape index (κ3) is 2.27. The Kier molecular flexibility index (Phi) is 3.54. The predicted octanol–water partition coefficient (Wildman–Crippen LogP) is 3.70. The summed E-state index contributed by atoms with van der Waals surface area (Å²) in [5, 5.41) is 0.813. The van der Waals surface area contributed by atoms with Crippen molar-refractivity contribution in [1.29, 1.82) is 0 Å². The fourth-order valence-electron chi connectivity index (χ4n) is 2.69. The normalized spacial score (nSPS) is 11.2. The van der Waals surface area contributed by atoms with Gasteiger partial charge in [0.25, 0.3) is 5.56 Å². The molecule has 0 saturated carbocycles. The van der Waals surface area contributed by atoms with Gasteiger partial charge in [-0.05, 0) is 32.0 Å². The van der Waals surface area contributed by atoms with Crippen LogP contribution < -0.4 is 10.3 Å². The van der Waals surface area contributed by atoms with Crippen molar-refractivity contribution < 1.29 is 4.74 Å². The van der Waals surface area contributed by atoms with Crippen molar-refractivity contribution in [2.24, 2.45) is 0 Å². The van der Waals surface area contributed by atoms with E-state index in [0.29, 0.717) is 22.6 Å². The summed E-state index contributed by atoms with van der Waals surface area (Å²) in [5.74, 6) is 0.716. The van der Waals surface area contributed by atoms with Crippen LogP contribution in [0.4, 0.5) is 0 Å². The minimum Gasteiger partial charge on any atom is -0.493 e. The Morgan fingerprint density at radius 1 is 1.17 bits per heavy atom. The highest BCUT2D eigenvalue weighted by Gasteiger charge is 2.16. The summed E-state index contributed by atoms with van der Waals surface area (Å²) in [7, 11) is 0. The Bertz CT molecular complexity index is 1100. The molecule has 0 N–H and O–H groups in total. The molecule has 0 atom stereocenters. The standard InChI is InChI=1S/C18H15N3O2S/c1-3-23-13-8-9-19-17-14(13)15-16(24-17)18(22)21(10-20-15)12-6-4-11(2)5-7-12/h4-10H,3H2,1-2H3. The average molecular weight is 337 g/mol. The second-order valence-electron chi connectivity index (χ2n) is 5.46. The number of nitrogens with zero attached hydrogens (tertiary/aromatic N) is 3. The molecule has 120 valence electrons. The fraction of sp³-hybridized carbons (Fsp3) is 0.167. The van der Waals surface area contributed by atoms with Crippen LogP contribution >= 0.6 is 11.3 Å². The third-order valence-electron chi connectivity index (χ3n) is 3.86. The van der Waals surface area contributed by atoms with Crippen molar-refractivity contribution in [2.45, 2.75) is 13.8 Å². The number of aromatic nitrogens is 3. The number of benzene rings is 1. The summed E-state index contributed by atoms with van der Waals surface area (Å²) in [6.45, 7) is 4.50. The number of hydrogen-bond donors (Lipinski definition) is 0. The lowest BCUT2D eigenvalue weighted by atomic mass is 10.2. The van der Waals surface area contributed by atoms with Crippen LogP contribution in [0.15, 0.2) is 47.7 Å².